The molecule has 0 aliphatic rings. The van der Waals surface area contributed by atoms with Crippen molar-refractivity contribution < 1.29 is 0 Å². The lowest BCUT2D eigenvalue weighted by Crippen LogP contribution is -2.08. The Bertz CT molecular complexity index is 360. The standard InChI is InChI=1S/C16H25Br/c1-6-12-8-9-14(10-13(12)7-2)15(17)11-16(3,4)5/h8-10,15H,6-7,11H2,1-5H3. The highest BCUT2D eigenvalue weighted by atomic mass is 79.9. The van der Waals surface area contributed by atoms with Crippen LogP contribution in [0.4, 0.5) is 0 Å². The molecule has 0 heterocycles. The van der Waals surface area contributed by atoms with Crippen LogP contribution in [0.2, 0.25) is 0 Å². The first-order valence-corrected chi connectivity index (χ1v) is 7.54. The van der Waals surface area contributed by atoms with Crippen LogP contribution in [0.5, 0.6) is 0 Å². The number of alkyl halides is 1. The van der Waals surface area contributed by atoms with E-state index in [0.29, 0.717) is 10.2 Å². The average molecular weight is 297 g/mol. The summed E-state index contributed by atoms with van der Waals surface area (Å²) in [4.78, 5) is 0.471. The van der Waals surface area contributed by atoms with Gasteiger partial charge in [0.15, 0.2) is 0 Å². The van der Waals surface area contributed by atoms with Gasteiger partial charge in [0.25, 0.3) is 0 Å². The van der Waals surface area contributed by atoms with Gasteiger partial charge in [-0.05, 0) is 41.4 Å². The molecule has 1 atom stereocenters. The van der Waals surface area contributed by atoms with Gasteiger partial charge in [-0.15, -0.1) is 0 Å². The van der Waals surface area contributed by atoms with Gasteiger partial charge in [-0.3, -0.25) is 0 Å². The summed E-state index contributed by atoms with van der Waals surface area (Å²) in [5.41, 5.74) is 4.79. The number of halogens is 1. The molecule has 0 saturated heterocycles. The van der Waals surface area contributed by atoms with Crippen LogP contribution in [0.3, 0.4) is 0 Å². The van der Waals surface area contributed by atoms with E-state index in [9.17, 15) is 0 Å². The van der Waals surface area contributed by atoms with E-state index in [-0.39, 0.29) is 0 Å². The minimum atomic E-state index is 0.365. The van der Waals surface area contributed by atoms with Crippen molar-refractivity contribution in [1.82, 2.24) is 0 Å². The van der Waals surface area contributed by atoms with E-state index in [0.717, 1.165) is 12.8 Å². The quantitative estimate of drug-likeness (QED) is 0.627. The molecule has 96 valence electrons. The zero-order chi connectivity index (χ0) is 13.1. The third-order valence-corrected chi connectivity index (χ3v) is 4.00. The van der Waals surface area contributed by atoms with Gasteiger partial charge in [-0.25, -0.2) is 0 Å². The lowest BCUT2D eigenvalue weighted by atomic mass is 9.87. The molecule has 0 aliphatic carbocycles. The Morgan fingerprint density at radius 3 is 2.12 bits per heavy atom. The number of hydrogen-bond acceptors (Lipinski definition) is 0. The van der Waals surface area contributed by atoms with Crippen LogP contribution >= 0.6 is 15.9 Å². The van der Waals surface area contributed by atoms with Crippen LogP contribution in [0.25, 0.3) is 0 Å². The first-order chi connectivity index (χ1) is 7.87. The molecule has 0 saturated carbocycles. The lowest BCUT2D eigenvalue weighted by Gasteiger charge is -2.23. The van der Waals surface area contributed by atoms with E-state index in [1.165, 1.54) is 23.1 Å². The van der Waals surface area contributed by atoms with Crippen molar-refractivity contribution in [3.63, 3.8) is 0 Å². The van der Waals surface area contributed by atoms with Crippen LogP contribution in [0, 0.1) is 5.41 Å². The molecule has 1 aromatic rings. The minimum absolute atomic E-state index is 0.365. The molecule has 1 heteroatoms. The maximum Gasteiger partial charge on any atom is 0.0400 e. The van der Waals surface area contributed by atoms with Crippen molar-refractivity contribution in [1.29, 1.82) is 0 Å². The van der Waals surface area contributed by atoms with Crippen LogP contribution < -0.4 is 0 Å². The highest BCUT2D eigenvalue weighted by molar-refractivity contribution is 9.09. The Kier molecular flexibility index (Phi) is 5.24. The molecule has 0 bridgehead atoms. The second-order valence-corrected chi connectivity index (χ2v) is 7.07. The monoisotopic (exact) mass is 296 g/mol. The molecule has 17 heavy (non-hydrogen) atoms. The van der Waals surface area contributed by atoms with E-state index in [1.54, 1.807) is 0 Å². The molecule has 1 rings (SSSR count). The van der Waals surface area contributed by atoms with E-state index >= 15 is 0 Å². The maximum atomic E-state index is 3.83. The summed E-state index contributed by atoms with van der Waals surface area (Å²) in [6, 6.07) is 6.96. The lowest BCUT2D eigenvalue weighted by molar-refractivity contribution is 0.377. The smallest absolute Gasteiger partial charge is 0.0400 e. The summed E-state index contributed by atoms with van der Waals surface area (Å²) in [5.74, 6) is 0. The second-order valence-electron chi connectivity index (χ2n) is 5.97. The topological polar surface area (TPSA) is 0 Å². The van der Waals surface area contributed by atoms with E-state index in [4.69, 9.17) is 0 Å². The number of aryl methyl sites for hydroxylation is 2. The summed E-state index contributed by atoms with van der Waals surface area (Å²) in [6.45, 7) is 11.4. The predicted octanol–water partition coefficient (Wildman–Crippen LogP) is 5.68. The maximum absolute atomic E-state index is 3.83. The zero-order valence-corrected chi connectivity index (χ0v) is 13.4. The van der Waals surface area contributed by atoms with Gasteiger partial charge < -0.3 is 0 Å². The molecule has 0 fully saturated rings. The largest absolute Gasteiger partial charge is 0.0839 e. The Balaban J connectivity index is 2.92. The van der Waals surface area contributed by atoms with Gasteiger partial charge in [0.05, 0.1) is 0 Å². The van der Waals surface area contributed by atoms with Gasteiger partial charge in [0, 0.05) is 4.83 Å². The minimum Gasteiger partial charge on any atom is -0.0839 e. The molecule has 0 aliphatic heterocycles. The highest BCUT2D eigenvalue weighted by Gasteiger charge is 2.18. The van der Waals surface area contributed by atoms with Crippen molar-refractivity contribution in [2.75, 3.05) is 0 Å². The fourth-order valence-electron chi connectivity index (χ4n) is 2.17. The summed E-state index contributed by atoms with van der Waals surface area (Å²) < 4.78 is 0. The molecular formula is C16H25Br. The Morgan fingerprint density at radius 2 is 1.65 bits per heavy atom. The first-order valence-electron chi connectivity index (χ1n) is 6.63. The number of hydrogen-bond donors (Lipinski definition) is 0. The Morgan fingerprint density at radius 1 is 1.06 bits per heavy atom. The molecule has 1 unspecified atom stereocenters. The van der Waals surface area contributed by atoms with Gasteiger partial charge in [-0.2, -0.15) is 0 Å². The van der Waals surface area contributed by atoms with Gasteiger partial charge >= 0.3 is 0 Å². The van der Waals surface area contributed by atoms with Gasteiger partial charge in [-0.1, -0.05) is 68.7 Å². The van der Waals surface area contributed by atoms with Gasteiger partial charge in [0.2, 0.25) is 0 Å². The third-order valence-electron chi connectivity index (χ3n) is 3.15. The van der Waals surface area contributed by atoms with Crippen LogP contribution in [-0.4, -0.2) is 0 Å². The van der Waals surface area contributed by atoms with E-state index < -0.39 is 0 Å². The van der Waals surface area contributed by atoms with Crippen molar-refractivity contribution in [2.45, 2.75) is 58.7 Å². The van der Waals surface area contributed by atoms with E-state index in [1.807, 2.05) is 0 Å². The SMILES string of the molecule is CCc1ccc(C(Br)CC(C)(C)C)cc1CC. The summed E-state index contributed by atoms with van der Waals surface area (Å²) in [5, 5.41) is 0. The average Bonchev–Trinajstić information content (AvgIpc) is 2.25. The zero-order valence-electron chi connectivity index (χ0n) is 11.8. The molecule has 0 N–H and O–H groups in total. The second kappa shape index (κ2) is 6.04. The van der Waals surface area contributed by atoms with Crippen molar-refractivity contribution in [2.24, 2.45) is 5.41 Å². The third kappa shape index (κ3) is 4.46. The molecule has 0 amide bonds. The first kappa shape index (κ1) is 14.8. The predicted molar refractivity (Wildman–Crippen MR) is 80.9 cm³/mol. The molecule has 0 nitrogen and oxygen atoms in total. The molecule has 0 radical (unpaired) electrons. The van der Waals surface area contributed by atoms with Crippen molar-refractivity contribution in [3.8, 4) is 0 Å². The van der Waals surface area contributed by atoms with Crippen LogP contribution in [0.15, 0.2) is 18.2 Å². The Hall–Kier alpha value is -0.300. The van der Waals surface area contributed by atoms with E-state index in [2.05, 4.69) is 68.7 Å². The normalized spacial score (nSPS) is 13.8. The highest BCUT2D eigenvalue weighted by Crippen LogP contribution is 2.36. The van der Waals surface area contributed by atoms with Gasteiger partial charge in [0.1, 0.15) is 0 Å². The van der Waals surface area contributed by atoms with Crippen molar-refractivity contribution >= 4 is 15.9 Å². The van der Waals surface area contributed by atoms with Crippen molar-refractivity contribution in [3.05, 3.63) is 34.9 Å². The van der Waals surface area contributed by atoms with Crippen LogP contribution in [-0.2, 0) is 12.8 Å². The number of rotatable bonds is 4. The summed E-state index contributed by atoms with van der Waals surface area (Å²) in [7, 11) is 0. The van der Waals surface area contributed by atoms with Crippen LogP contribution in [0.1, 0.15) is 62.6 Å². The molecule has 0 aromatic heterocycles. The molecular weight excluding hydrogens is 272 g/mol. The Labute approximate surface area is 115 Å². The molecule has 1 aromatic carbocycles. The fourth-order valence-corrected chi connectivity index (χ4v) is 3.43. The fraction of sp³-hybridized carbons (Fsp3) is 0.625. The number of benzene rings is 1. The molecule has 0 spiro atoms. The summed E-state index contributed by atoms with van der Waals surface area (Å²) in [6.07, 6.45) is 3.43. The summed E-state index contributed by atoms with van der Waals surface area (Å²) >= 11 is 3.83.